The van der Waals surface area contributed by atoms with Crippen molar-refractivity contribution in [3.63, 3.8) is 0 Å². The number of aliphatic hydroxyl groups is 1. The van der Waals surface area contributed by atoms with E-state index in [1.54, 1.807) is 0 Å². The van der Waals surface area contributed by atoms with Crippen LogP contribution in [-0.2, 0) is 9.31 Å². The highest BCUT2D eigenvalue weighted by Gasteiger charge is 2.35. The van der Waals surface area contributed by atoms with Crippen LogP contribution in [0.1, 0.15) is 40.0 Å². The molecule has 0 aromatic carbocycles. The fourth-order valence-corrected chi connectivity index (χ4v) is 2.31. The van der Waals surface area contributed by atoms with E-state index in [0.29, 0.717) is 0 Å². The van der Waals surface area contributed by atoms with Crippen molar-refractivity contribution in [1.29, 1.82) is 0 Å². The van der Waals surface area contributed by atoms with Gasteiger partial charge in [-0.1, -0.05) is 33.6 Å². The van der Waals surface area contributed by atoms with E-state index in [4.69, 9.17) is 9.31 Å². The highest BCUT2D eigenvalue weighted by atomic mass is 16.6. The predicted octanol–water partition coefficient (Wildman–Crippen LogP) is 2.35. The average molecular weight is 228 g/mol. The highest BCUT2D eigenvalue weighted by Crippen LogP contribution is 2.37. The molecule has 0 radical (unpaired) electrons. The predicted molar refractivity (Wildman–Crippen MR) is 66.3 cm³/mol. The fourth-order valence-electron chi connectivity index (χ4n) is 2.31. The van der Waals surface area contributed by atoms with E-state index in [0.717, 1.165) is 38.8 Å². The number of hydrogen-bond acceptors (Lipinski definition) is 3. The topological polar surface area (TPSA) is 38.7 Å². The van der Waals surface area contributed by atoms with Crippen molar-refractivity contribution < 1.29 is 14.4 Å². The molecule has 0 aliphatic carbocycles. The number of hydrogen-bond donors (Lipinski definition) is 1. The van der Waals surface area contributed by atoms with E-state index in [1.165, 1.54) is 0 Å². The van der Waals surface area contributed by atoms with Gasteiger partial charge >= 0.3 is 7.12 Å². The third-order valence-electron chi connectivity index (χ3n) is 4.19. The maximum atomic E-state index is 9.54. The van der Waals surface area contributed by atoms with E-state index in [2.05, 4.69) is 20.8 Å². The van der Waals surface area contributed by atoms with Crippen LogP contribution in [-0.4, -0.2) is 32.0 Å². The average Bonchev–Trinajstić information content (AvgIpc) is 2.36. The summed E-state index contributed by atoms with van der Waals surface area (Å²) in [6, 6.07) is 0. The molecule has 94 valence electrons. The molecule has 0 bridgehead atoms. The minimum atomic E-state index is -0.108. The molecule has 1 saturated heterocycles. The molecule has 1 fully saturated rings. The van der Waals surface area contributed by atoms with Gasteiger partial charge in [0.25, 0.3) is 0 Å². The van der Waals surface area contributed by atoms with Gasteiger partial charge in [-0.3, -0.25) is 0 Å². The van der Waals surface area contributed by atoms with Gasteiger partial charge in [-0.05, 0) is 24.1 Å². The standard InChI is InChI=1S/C12H25BO3/c1-4-12(3,5-2)11(10-14)9-13-15-7-6-8-16-13/h11,14H,4-10H2,1-3H3. The third-order valence-corrected chi connectivity index (χ3v) is 4.19. The summed E-state index contributed by atoms with van der Waals surface area (Å²) in [6.07, 6.45) is 3.97. The van der Waals surface area contributed by atoms with Gasteiger partial charge in [0.2, 0.25) is 0 Å². The maximum absolute atomic E-state index is 9.54. The molecule has 1 heterocycles. The Hall–Kier alpha value is -0.0551. The maximum Gasteiger partial charge on any atom is 0.457 e. The molecule has 1 atom stereocenters. The van der Waals surface area contributed by atoms with Gasteiger partial charge in [-0.25, -0.2) is 0 Å². The second-order valence-corrected chi connectivity index (χ2v) is 5.00. The van der Waals surface area contributed by atoms with Crippen LogP contribution in [0.3, 0.4) is 0 Å². The van der Waals surface area contributed by atoms with E-state index in [9.17, 15) is 5.11 Å². The summed E-state index contributed by atoms with van der Waals surface area (Å²) in [5.41, 5.74) is 0.193. The Morgan fingerprint density at radius 2 is 1.81 bits per heavy atom. The van der Waals surface area contributed by atoms with Gasteiger partial charge in [-0.2, -0.15) is 0 Å². The van der Waals surface area contributed by atoms with Crippen LogP contribution < -0.4 is 0 Å². The van der Waals surface area contributed by atoms with Crippen LogP contribution in [0.2, 0.25) is 6.32 Å². The van der Waals surface area contributed by atoms with E-state index in [1.807, 2.05) is 0 Å². The van der Waals surface area contributed by atoms with Crippen LogP contribution >= 0.6 is 0 Å². The molecule has 1 N–H and O–H groups in total. The van der Waals surface area contributed by atoms with Gasteiger partial charge in [0.05, 0.1) is 0 Å². The van der Waals surface area contributed by atoms with Gasteiger partial charge in [0, 0.05) is 19.8 Å². The van der Waals surface area contributed by atoms with Crippen LogP contribution in [0.4, 0.5) is 0 Å². The van der Waals surface area contributed by atoms with Crippen LogP contribution in [0.25, 0.3) is 0 Å². The van der Waals surface area contributed by atoms with Crippen molar-refractivity contribution in [2.45, 2.75) is 46.4 Å². The normalized spacial score (nSPS) is 19.9. The molecule has 0 aromatic rings. The molecule has 0 saturated carbocycles. The van der Waals surface area contributed by atoms with E-state index >= 15 is 0 Å². The Morgan fingerprint density at radius 1 is 1.25 bits per heavy atom. The first-order valence-electron chi connectivity index (χ1n) is 6.50. The van der Waals surface area contributed by atoms with Gasteiger partial charge < -0.3 is 14.4 Å². The molecular weight excluding hydrogens is 203 g/mol. The largest absolute Gasteiger partial charge is 0.457 e. The van der Waals surface area contributed by atoms with Gasteiger partial charge in [-0.15, -0.1) is 0 Å². The first-order chi connectivity index (χ1) is 7.66. The summed E-state index contributed by atoms with van der Waals surface area (Å²) in [7, 11) is -0.108. The minimum Gasteiger partial charge on any atom is -0.411 e. The van der Waals surface area contributed by atoms with Gasteiger partial charge in [0.1, 0.15) is 0 Å². The third kappa shape index (κ3) is 3.47. The minimum absolute atomic E-state index is 0.108. The zero-order chi connectivity index (χ0) is 12.0. The molecule has 1 rings (SSSR count). The van der Waals surface area contributed by atoms with E-state index in [-0.39, 0.29) is 25.1 Å². The molecule has 1 unspecified atom stereocenters. The Bertz CT molecular complexity index is 189. The zero-order valence-electron chi connectivity index (χ0n) is 10.9. The van der Waals surface area contributed by atoms with Crippen molar-refractivity contribution in [3.8, 4) is 0 Å². The van der Waals surface area contributed by atoms with Crippen molar-refractivity contribution in [2.24, 2.45) is 11.3 Å². The molecular formula is C12H25BO3. The molecule has 3 nitrogen and oxygen atoms in total. The molecule has 0 amide bonds. The summed E-state index contributed by atoms with van der Waals surface area (Å²) in [4.78, 5) is 0. The van der Waals surface area contributed by atoms with E-state index < -0.39 is 0 Å². The molecule has 0 aromatic heterocycles. The summed E-state index contributed by atoms with van der Waals surface area (Å²) in [5.74, 6) is 0.269. The summed E-state index contributed by atoms with van der Waals surface area (Å²) >= 11 is 0. The first-order valence-corrected chi connectivity index (χ1v) is 6.50. The van der Waals surface area contributed by atoms with Gasteiger partial charge in [0.15, 0.2) is 0 Å². The lowest BCUT2D eigenvalue weighted by molar-refractivity contribution is 0.0824. The molecule has 1 aliphatic heterocycles. The SMILES string of the molecule is CCC(C)(CC)C(CO)CB1OCCCO1. The first kappa shape index (κ1) is 14.0. The summed E-state index contributed by atoms with van der Waals surface area (Å²) in [5, 5.41) is 9.54. The summed E-state index contributed by atoms with van der Waals surface area (Å²) < 4.78 is 11.1. The molecule has 1 aliphatic rings. The quantitative estimate of drug-likeness (QED) is 0.709. The highest BCUT2D eigenvalue weighted by molar-refractivity contribution is 6.44. The fraction of sp³-hybridized carbons (Fsp3) is 1.00. The Labute approximate surface area is 99.7 Å². The number of aliphatic hydroxyl groups excluding tert-OH is 1. The van der Waals surface area contributed by atoms with Crippen molar-refractivity contribution in [2.75, 3.05) is 19.8 Å². The number of rotatable bonds is 6. The van der Waals surface area contributed by atoms with Crippen LogP contribution in [0.5, 0.6) is 0 Å². The molecule has 4 heteroatoms. The summed E-state index contributed by atoms with van der Waals surface area (Å²) in [6.45, 7) is 8.43. The van der Waals surface area contributed by atoms with Crippen molar-refractivity contribution >= 4 is 7.12 Å². The van der Waals surface area contributed by atoms with Crippen molar-refractivity contribution in [1.82, 2.24) is 0 Å². The monoisotopic (exact) mass is 228 g/mol. The second kappa shape index (κ2) is 6.62. The lowest BCUT2D eigenvalue weighted by Gasteiger charge is -2.36. The Balaban J connectivity index is 2.52. The Kier molecular flexibility index (Phi) is 5.80. The molecule has 0 spiro atoms. The zero-order valence-corrected chi connectivity index (χ0v) is 10.9. The van der Waals surface area contributed by atoms with Crippen molar-refractivity contribution in [3.05, 3.63) is 0 Å². The lowest BCUT2D eigenvalue weighted by atomic mass is 9.64. The van der Waals surface area contributed by atoms with Crippen LogP contribution in [0.15, 0.2) is 0 Å². The lowest BCUT2D eigenvalue weighted by Crippen LogP contribution is -2.37. The second-order valence-electron chi connectivity index (χ2n) is 5.00. The Morgan fingerprint density at radius 3 is 2.25 bits per heavy atom. The molecule has 16 heavy (non-hydrogen) atoms. The van der Waals surface area contributed by atoms with Crippen LogP contribution in [0, 0.1) is 11.3 Å². The smallest absolute Gasteiger partial charge is 0.411 e.